The van der Waals surface area contributed by atoms with E-state index in [2.05, 4.69) is 15.5 Å². The molecule has 27 heavy (non-hydrogen) atoms. The summed E-state index contributed by atoms with van der Waals surface area (Å²) in [5, 5.41) is 22.5. The Bertz CT molecular complexity index is 1010. The molecule has 1 aromatic heterocycles. The van der Waals surface area contributed by atoms with E-state index in [1.807, 2.05) is 32.0 Å². The van der Waals surface area contributed by atoms with Crippen molar-refractivity contribution in [2.24, 2.45) is 7.05 Å². The summed E-state index contributed by atoms with van der Waals surface area (Å²) in [6, 6.07) is 10.1. The third kappa shape index (κ3) is 3.98. The molecule has 8 nitrogen and oxygen atoms in total. The lowest BCUT2D eigenvalue weighted by Gasteiger charge is -2.12. The van der Waals surface area contributed by atoms with Crippen molar-refractivity contribution in [2.75, 3.05) is 5.32 Å². The molecule has 0 unspecified atom stereocenters. The van der Waals surface area contributed by atoms with Gasteiger partial charge >= 0.3 is 0 Å². The summed E-state index contributed by atoms with van der Waals surface area (Å²) >= 11 is 1.12. The van der Waals surface area contributed by atoms with Gasteiger partial charge in [-0.25, -0.2) is 0 Å². The van der Waals surface area contributed by atoms with Crippen LogP contribution in [0.15, 0.2) is 52.8 Å². The van der Waals surface area contributed by atoms with Gasteiger partial charge in [-0.2, -0.15) is 0 Å². The Morgan fingerprint density at radius 1 is 1.22 bits per heavy atom. The van der Waals surface area contributed by atoms with Crippen molar-refractivity contribution in [3.05, 3.63) is 69.5 Å². The standard InChI is InChI=1S/C18H17N5O3S/c1-11-5-4-6-12(2)16(11)20-17(24)13-7-8-15(14(9-13)23(25)26)27-18-21-19-10-22(18)3/h4-10H,1-3H3,(H,20,24). The summed E-state index contributed by atoms with van der Waals surface area (Å²) in [4.78, 5) is 24.0. The van der Waals surface area contributed by atoms with E-state index in [0.717, 1.165) is 22.9 Å². The van der Waals surface area contributed by atoms with E-state index in [1.165, 1.54) is 12.4 Å². The zero-order chi connectivity index (χ0) is 19.6. The SMILES string of the molecule is Cc1cccc(C)c1NC(=O)c1ccc(Sc2nncn2C)c([N+](=O)[O-])c1. The third-order valence-corrected chi connectivity index (χ3v) is 5.13. The van der Waals surface area contributed by atoms with Crippen LogP contribution >= 0.6 is 11.8 Å². The summed E-state index contributed by atoms with van der Waals surface area (Å²) in [6.45, 7) is 3.79. The summed E-state index contributed by atoms with van der Waals surface area (Å²) in [5.74, 6) is -0.397. The van der Waals surface area contributed by atoms with Crippen LogP contribution in [0.1, 0.15) is 21.5 Å². The number of rotatable bonds is 5. The Hall–Kier alpha value is -3.20. The first kappa shape index (κ1) is 18.6. The number of para-hydroxylation sites is 1. The fourth-order valence-electron chi connectivity index (χ4n) is 2.55. The predicted molar refractivity (Wildman–Crippen MR) is 102 cm³/mol. The lowest BCUT2D eigenvalue weighted by molar-refractivity contribution is -0.387. The maximum Gasteiger partial charge on any atom is 0.284 e. The summed E-state index contributed by atoms with van der Waals surface area (Å²) in [7, 11) is 1.75. The lowest BCUT2D eigenvalue weighted by atomic mass is 10.1. The van der Waals surface area contributed by atoms with Gasteiger partial charge in [0.25, 0.3) is 11.6 Å². The molecule has 138 valence electrons. The number of aromatic nitrogens is 3. The third-order valence-electron chi connectivity index (χ3n) is 4.01. The average Bonchev–Trinajstić information content (AvgIpc) is 3.03. The van der Waals surface area contributed by atoms with Gasteiger partial charge in [-0.3, -0.25) is 14.9 Å². The highest BCUT2D eigenvalue weighted by Gasteiger charge is 2.20. The number of benzene rings is 2. The Kier molecular flexibility index (Phi) is 5.22. The van der Waals surface area contributed by atoms with Gasteiger partial charge in [0.1, 0.15) is 6.33 Å². The first-order valence-electron chi connectivity index (χ1n) is 8.04. The Labute approximate surface area is 159 Å². The molecule has 1 heterocycles. The zero-order valence-corrected chi connectivity index (χ0v) is 15.8. The van der Waals surface area contributed by atoms with Crippen LogP contribution in [0.4, 0.5) is 11.4 Å². The quantitative estimate of drug-likeness (QED) is 0.532. The molecule has 3 aromatic rings. The van der Waals surface area contributed by atoms with Gasteiger partial charge in [-0.1, -0.05) is 18.2 Å². The highest BCUT2D eigenvalue weighted by atomic mass is 32.2. The topological polar surface area (TPSA) is 103 Å². The number of carbonyl (C=O) groups is 1. The largest absolute Gasteiger partial charge is 0.321 e. The molecular formula is C18H17N5O3S. The van der Waals surface area contributed by atoms with Crippen LogP contribution in [0.3, 0.4) is 0 Å². The minimum absolute atomic E-state index is 0.155. The number of aryl methyl sites for hydroxylation is 3. The average molecular weight is 383 g/mol. The number of nitro groups is 1. The van der Waals surface area contributed by atoms with E-state index in [9.17, 15) is 14.9 Å². The minimum Gasteiger partial charge on any atom is -0.321 e. The molecule has 1 N–H and O–H groups in total. The van der Waals surface area contributed by atoms with Crippen LogP contribution in [0, 0.1) is 24.0 Å². The van der Waals surface area contributed by atoms with Gasteiger partial charge in [-0.15, -0.1) is 10.2 Å². The molecule has 0 saturated heterocycles. The van der Waals surface area contributed by atoms with Crippen molar-refractivity contribution in [2.45, 2.75) is 23.9 Å². The number of nitrogens with one attached hydrogen (secondary N) is 1. The number of carbonyl (C=O) groups excluding carboxylic acids is 1. The van der Waals surface area contributed by atoms with Gasteiger partial charge in [0.05, 0.1) is 9.82 Å². The van der Waals surface area contributed by atoms with Gasteiger partial charge in [-0.05, 0) is 48.9 Å². The fraction of sp³-hybridized carbons (Fsp3) is 0.167. The van der Waals surface area contributed by atoms with Crippen LogP contribution in [0.25, 0.3) is 0 Å². The molecule has 0 saturated carbocycles. The van der Waals surface area contributed by atoms with E-state index in [-0.39, 0.29) is 11.3 Å². The molecular weight excluding hydrogens is 366 g/mol. The van der Waals surface area contributed by atoms with E-state index in [0.29, 0.717) is 15.7 Å². The molecule has 2 aromatic carbocycles. The normalized spacial score (nSPS) is 10.6. The van der Waals surface area contributed by atoms with Crippen molar-refractivity contribution in [3.63, 3.8) is 0 Å². The smallest absolute Gasteiger partial charge is 0.284 e. The number of nitrogens with zero attached hydrogens (tertiary/aromatic N) is 4. The van der Waals surface area contributed by atoms with E-state index < -0.39 is 10.8 Å². The number of hydrogen-bond acceptors (Lipinski definition) is 6. The molecule has 0 aliphatic carbocycles. The minimum atomic E-state index is -0.505. The number of hydrogen-bond donors (Lipinski definition) is 1. The Morgan fingerprint density at radius 2 is 1.93 bits per heavy atom. The summed E-state index contributed by atoms with van der Waals surface area (Å²) < 4.78 is 1.66. The molecule has 1 amide bonds. The number of nitro benzene ring substituents is 1. The van der Waals surface area contributed by atoms with Gasteiger partial charge in [0, 0.05) is 24.4 Å². The lowest BCUT2D eigenvalue weighted by Crippen LogP contribution is -2.14. The van der Waals surface area contributed by atoms with Crippen molar-refractivity contribution in [1.82, 2.24) is 14.8 Å². The highest BCUT2D eigenvalue weighted by molar-refractivity contribution is 7.99. The van der Waals surface area contributed by atoms with Crippen molar-refractivity contribution in [1.29, 1.82) is 0 Å². The fourth-order valence-corrected chi connectivity index (χ4v) is 3.40. The second kappa shape index (κ2) is 7.58. The number of amides is 1. The molecule has 0 fully saturated rings. The van der Waals surface area contributed by atoms with Gasteiger partial charge < -0.3 is 9.88 Å². The molecule has 0 aliphatic rings. The van der Waals surface area contributed by atoms with Crippen LogP contribution in [0.2, 0.25) is 0 Å². The van der Waals surface area contributed by atoms with Crippen LogP contribution in [0.5, 0.6) is 0 Å². The summed E-state index contributed by atoms with van der Waals surface area (Å²) in [6.07, 6.45) is 1.51. The van der Waals surface area contributed by atoms with Gasteiger partial charge in [0.2, 0.25) is 0 Å². The molecule has 0 atom stereocenters. The van der Waals surface area contributed by atoms with Crippen LogP contribution < -0.4 is 5.32 Å². The van der Waals surface area contributed by atoms with Crippen molar-refractivity contribution >= 4 is 29.0 Å². The van der Waals surface area contributed by atoms with E-state index >= 15 is 0 Å². The monoisotopic (exact) mass is 383 g/mol. The van der Waals surface area contributed by atoms with Crippen LogP contribution in [-0.2, 0) is 7.05 Å². The summed E-state index contributed by atoms with van der Waals surface area (Å²) in [5.41, 5.74) is 2.62. The van der Waals surface area contributed by atoms with Crippen LogP contribution in [-0.4, -0.2) is 25.6 Å². The Morgan fingerprint density at radius 3 is 2.52 bits per heavy atom. The van der Waals surface area contributed by atoms with E-state index in [1.54, 1.807) is 23.7 Å². The van der Waals surface area contributed by atoms with E-state index in [4.69, 9.17) is 0 Å². The van der Waals surface area contributed by atoms with Crippen molar-refractivity contribution < 1.29 is 9.72 Å². The van der Waals surface area contributed by atoms with Gasteiger partial charge in [0.15, 0.2) is 5.16 Å². The molecule has 0 bridgehead atoms. The maximum atomic E-state index is 12.6. The zero-order valence-electron chi connectivity index (χ0n) is 15.0. The molecule has 3 rings (SSSR count). The first-order valence-corrected chi connectivity index (χ1v) is 8.86. The molecule has 9 heteroatoms. The Balaban J connectivity index is 1.90. The second-order valence-corrected chi connectivity index (χ2v) is 7.00. The second-order valence-electron chi connectivity index (χ2n) is 5.99. The molecule has 0 aliphatic heterocycles. The molecule has 0 radical (unpaired) electrons. The molecule has 0 spiro atoms. The predicted octanol–water partition coefficient (Wildman–Crippen LogP) is 3.74. The maximum absolute atomic E-state index is 12.6. The highest BCUT2D eigenvalue weighted by Crippen LogP contribution is 2.34. The van der Waals surface area contributed by atoms with Crippen molar-refractivity contribution in [3.8, 4) is 0 Å². The first-order chi connectivity index (χ1) is 12.9. The number of anilines is 1.